The number of allylic oxidation sites excluding steroid dienone is 2. The molecule has 0 aromatic heterocycles. The summed E-state index contributed by atoms with van der Waals surface area (Å²) in [5.74, 6) is 0. The van der Waals surface area contributed by atoms with Crippen molar-refractivity contribution in [2.24, 2.45) is 0 Å². The second-order valence-electron chi connectivity index (χ2n) is 2.94. The second kappa shape index (κ2) is 2.55. The number of hydrazine groups is 1. The normalized spacial score (nSPS) is 20.8. The molecule has 12 heavy (non-hydrogen) atoms. The monoisotopic (exact) mass is 166 g/mol. The Kier molecular flexibility index (Phi) is 1.53. The molecule has 2 N–H and O–H groups in total. The maximum atomic E-state index is 10.6. The van der Waals surface area contributed by atoms with Gasteiger partial charge in [-0.2, -0.15) is 0 Å². The van der Waals surface area contributed by atoms with Gasteiger partial charge in [-0.25, -0.2) is 9.80 Å². The summed E-state index contributed by atoms with van der Waals surface area (Å²) in [7, 11) is 0. The van der Waals surface area contributed by atoms with Crippen LogP contribution in [0.5, 0.6) is 0 Å². The van der Waals surface area contributed by atoms with Crippen molar-refractivity contribution >= 4 is 6.09 Å². The largest absolute Gasteiger partial charge is 0.464 e. The van der Waals surface area contributed by atoms with Crippen molar-refractivity contribution in [2.45, 2.75) is 12.8 Å². The third-order valence-corrected chi connectivity index (χ3v) is 2.11. The highest BCUT2D eigenvalue weighted by Gasteiger charge is 2.24. The molecule has 2 rings (SSSR count). The summed E-state index contributed by atoms with van der Waals surface area (Å²) in [6, 6.07) is 0. The summed E-state index contributed by atoms with van der Waals surface area (Å²) >= 11 is 0. The topological polar surface area (TPSA) is 52.6 Å². The molecule has 0 saturated carbocycles. The molecular weight excluding hydrogens is 156 g/mol. The minimum Gasteiger partial charge on any atom is -0.464 e. The Balaban J connectivity index is 2.12. The predicted molar refractivity (Wildman–Crippen MR) is 43.3 cm³/mol. The lowest BCUT2D eigenvalue weighted by Crippen LogP contribution is -2.36. The van der Waals surface area contributed by atoms with Crippen LogP contribution in [0.3, 0.4) is 0 Å². The number of nitrogens with zero attached hydrogens (tertiary/aromatic N) is 1. The van der Waals surface area contributed by atoms with Gasteiger partial charge in [0.15, 0.2) is 0 Å². The van der Waals surface area contributed by atoms with Crippen LogP contribution in [0.4, 0.5) is 4.79 Å². The van der Waals surface area contributed by atoms with Crippen LogP contribution < -0.4 is 5.43 Å². The lowest BCUT2D eigenvalue weighted by molar-refractivity contribution is 0.139. The Bertz CT molecular complexity index is 281. The summed E-state index contributed by atoms with van der Waals surface area (Å²) in [4.78, 5) is 10.6. The number of hydrogen-bond acceptors (Lipinski definition) is 2. The highest BCUT2D eigenvalue weighted by molar-refractivity contribution is 5.66. The first-order valence-corrected chi connectivity index (χ1v) is 3.93. The van der Waals surface area contributed by atoms with E-state index in [2.05, 4.69) is 11.5 Å². The van der Waals surface area contributed by atoms with E-state index in [9.17, 15) is 4.79 Å². The lowest BCUT2D eigenvalue weighted by atomic mass is 10.0. The summed E-state index contributed by atoms with van der Waals surface area (Å²) in [6.45, 7) is 0.509. The minimum atomic E-state index is -0.919. The summed E-state index contributed by atoms with van der Waals surface area (Å²) < 4.78 is 0. The summed E-state index contributed by atoms with van der Waals surface area (Å²) in [5, 5.41) is 9.88. The fourth-order valence-corrected chi connectivity index (χ4v) is 1.48. The van der Waals surface area contributed by atoms with Crippen molar-refractivity contribution in [3.05, 3.63) is 23.4 Å². The Labute approximate surface area is 70.1 Å². The third-order valence-electron chi connectivity index (χ3n) is 2.11. The van der Waals surface area contributed by atoms with Gasteiger partial charge in [-0.05, 0) is 24.5 Å². The van der Waals surface area contributed by atoms with Crippen LogP contribution >= 0.6 is 0 Å². The zero-order chi connectivity index (χ0) is 8.55. The molecule has 2 aliphatic rings. The number of amides is 1. The van der Waals surface area contributed by atoms with Crippen molar-refractivity contribution in [2.75, 3.05) is 6.54 Å². The second-order valence-corrected chi connectivity index (χ2v) is 2.94. The van der Waals surface area contributed by atoms with E-state index >= 15 is 0 Å². The molecule has 4 nitrogen and oxygen atoms in total. The highest BCUT2D eigenvalue weighted by atomic mass is 16.4. The summed E-state index contributed by atoms with van der Waals surface area (Å²) in [5.41, 5.74) is 4.98. The Morgan fingerprint density at radius 3 is 3.17 bits per heavy atom. The highest BCUT2D eigenvalue weighted by Crippen LogP contribution is 2.22. The minimum absolute atomic E-state index is 0.509. The molecule has 4 heteroatoms. The van der Waals surface area contributed by atoms with E-state index in [1.807, 2.05) is 6.08 Å². The van der Waals surface area contributed by atoms with Gasteiger partial charge in [0.2, 0.25) is 0 Å². The van der Waals surface area contributed by atoms with Gasteiger partial charge in [0, 0.05) is 0 Å². The molecule has 0 unspecified atom stereocenters. The van der Waals surface area contributed by atoms with Crippen molar-refractivity contribution in [1.29, 1.82) is 0 Å². The Hall–Kier alpha value is -1.45. The first kappa shape index (κ1) is 7.21. The molecule has 0 spiro atoms. The molecule has 1 heterocycles. The smallest absolute Gasteiger partial charge is 0.426 e. The zero-order valence-corrected chi connectivity index (χ0v) is 6.58. The van der Waals surface area contributed by atoms with Gasteiger partial charge in [-0.15, -0.1) is 0 Å². The van der Waals surface area contributed by atoms with Crippen LogP contribution in [-0.4, -0.2) is 22.8 Å². The van der Waals surface area contributed by atoms with E-state index in [1.54, 1.807) is 0 Å². The Morgan fingerprint density at radius 2 is 2.50 bits per heavy atom. The molecule has 0 saturated heterocycles. The fourth-order valence-electron chi connectivity index (χ4n) is 1.48. The molecule has 0 radical (unpaired) electrons. The molecule has 0 atom stereocenters. The van der Waals surface area contributed by atoms with Gasteiger partial charge in [0.05, 0.1) is 12.2 Å². The third kappa shape index (κ3) is 1.05. The molecule has 0 aromatic rings. The number of carboxylic acid groups (broad SMARTS) is 1. The molecule has 1 aliphatic carbocycles. The van der Waals surface area contributed by atoms with Crippen LogP contribution in [0.25, 0.3) is 0 Å². The molecular formula is C8H10N2O2. The van der Waals surface area contributed by atoms with Crippen molar-refractivity contribution in [1.82, 2.24) is 10.4 Å². The van der Waals surface area contributed by atoms with Gasteiger partial charge >= 0.3 is 6.09 Å². The van der Waals surface area contributed by atoms with E-state index in [0.717, 1.165) is 18.5 Å². The van der Waals surface area contributed by atoms with Crippen LogP contribution in [-0.2, 0) is 0 Å². The number of nitrogens with one attached hydrogen (secondary N) is 1. The molecule has 1 amide bonds. The van der Waals surface area contributed by atoms with E-state index in [1.165, 1.54) is 10.6 Å². The number of carbonyl (C=O) groups is 1. The quantitative estimate of drug-likeness (QED) is 0.566. The maximum absolute atomic E-state index is 10.6. The van der Waals surface area contributed by atoms with Crippen molar-refractivity contribution in [3.63, 3.8) is 0 Å². The van der Waals surface area contributed by atoms with E-state index in [0.29, 0.717) is 6.54 Å². The van der Waals surface area contributed by atoms with Gasteiger partial charge in [-0.1, -0.05) is 6.08 Å². The molecule has 0 aromatic carbocycles. The van der Waals surface area contributed by atoms with Crippen LogP contribution in [0.2, 0.25) is 0 Å². The SMILES string of the molecule is O=C(O)N1CC2=C(C=CCC2)N1. The molecule has 64 valence electrons. The summed E-state index contributed by atoms with van der Waals surface area (Å²) in [6.07, 6.45) is 5.08. The lowest BCUT2D eigenvalue weighted by Gasteiger charge is -2.11. The first-order chi connectivity index (χ1) is 5.77. The first-order valence-electron chi connectivity index (χ1n) is 3.93. The molecule has 0 bridgehead atoms. The fraction of sp³-hybridized carbons (Fsp3) is 0.375. The van der Waals surface area contributed by atoms with Gasteiger partial charge in [-0.3, -0.25) is 5.43 Å². The van der Waals surface area contributed by atoms with Crippen molar-refractivity contribution < 1.29 is 9.90 Å². The van der Waals surface area contributed by atoms with Gasteiger partial charge in [0.1, 0.15) is 0 Å². The van der Waals surface area contributed by atoms with Gasteiger partial charge < -0.3 is 5.11 Å². The predicted octanol–water partition coefficient (Wildman–Crippen LogP) is 1.09. The average molecular weight is 166 g/mol. The maximum Gasteiger partial charge on any atom is 0.426 e. The standard InChI is InChI=1S/C8H10N2O2/c11-8(12)10-5-6-3-1-2-4-7(6)9-10/h2,4,9H,1,3,5H2,(H,11,12). The zero-order valence-electron chi connectivity index (χ0n) is 6.58. The van der Waals surface area contributed by atoms with Gasteiger partial charge in [0.25, 0.3) is 0 Å². The van der Waals surface area contributed by atoms with Crippen LogP contribution in [0, 0.1) is 0 Å². The van der Waals surface area contributed by atoms with E-state index in [-0.39, 0.29) is 0 Å². The van der Waals surface area contributed by atoms with E-state index in [4.69, 9.17) is 5.11 Å². The van der Waals surface area contributed by atoms with Crippen LogP contribution in [0.15, 0.2) is 23.4 Å². The molecule has 1 aliphatic heterocycles. The number of hydrogen-bond donors (Lipinski definition) is 2. The molecule has 0 fully saturated rings. The van der Waals surface area contributed by atoms with Crippen LogP contribution in [0.1, 0.15) is 12.8 Å². The number of rotatable bonds is 0. The van der Waals surface area contributed by atoms with E-state index < -0.39 is 6.09 Å². The Morgan fingerprint density at radius 1 is 1.67 bits per heavy atom. The van der Waals surface area contributed by atoms with Crippen molar-refractivity contribution in [3.8, 4) is 0 Å². The average Bonchev–Trinajstić information content (AvgIpc) is 2.46.